The molecular weight excluding hydrogens is 163 g/mol. The van der Waals surface area contributed by atoms with Crippen molar-refractivity contribution in [1.82, 2.24) is 0 Å². The van der Waals surface area contributed by atoms with Crippen molar-refractivity contribution < 1.29 is 14.2 Å². The molecule has 1 atom stereocenters. The van der Waals surface area contributed by atoms with Crippen molar-refractivity contribution in [1.29, 1.82) is 0 Å². The normalized spacial score (nSPS) is 16.8. The maximum absolute atomic E-state index is 11.3. The molecule has 0 saturated carbocycles. The molecule has 0 aromatic carbocycles. The van der Waals surface area contributed by atoms with E-state index in [1.807, 2.05) is 13.8 Å². The molecular formula is C7H17O3P. The molecule has 3 nitrogen and oxygen atoms in total. The second-order valence-corrected chi connectivity index (χ2v) is 5.88. The summed E-state index contributed by atoms with van der Waals surface area (Å²) in [6, 6.07) is 0. The van der Waals surface area contributed by atoms with Crippen LogP contribution in [0.1, 0.15) is 13.8 Å². The number of hydrogen-bond donors (Lipinski definition) is 1. The van der Waals surface area contributed by atoms with Gasteiger partial charge in [0.15, 0.2) is 0 Å². The average Bonchev–Trinajstić information content (AvgIpc) is 1.84. The van der Waals surface area contributed by atoms with Crippen LogP contribution in [0.3, 0.4) is 0 Å². The fourth-order valence-electron chi connectivity index (χ4n) is 0.553. The molecule has 0 radical (unpaired) electrons. The highest BCUT2D eigenvalue weighted by atomic mass is 31.2. The lowest BCUT2D eigenvalue weighted by atomic mass is 10.2. The Morgan fingerprint density at radius 3 is 2.45 bits per heavy atom. The largest absolute Gasteiger partial charge is 0.396 e. The first-order valence-corrected chi connectivity index (χ1v) is 6.05. The smallest absolute Gasteiger partial charge is 0.202 e. The van der Waals surface area contributed by atoms with Gasteiger partial charge in [-0.1, -0.05) is 13.8 Å². The van der Waals surface area contributed by atoms with Crippen LogP contribution in [0.5, 0.6) is 0 Å². The second kappa shape index (κ2) is 4.91. The Morgan fingerprint density at radius 2 is 2.09 bits per heavy atom. The number of rotatable bonds is 5. The molecule has 0 rings (SSSR count). The zero-order chi connectivity index (χ0) is 8.91. The standard InChI is InChI=1S/C7H17O3P/c1-7(2)6-10-11(3,9)5-4-8/h7-8H,4-6H2,1-3H3. The van der Waals surface area contributed by atoms with Crippen molar-refractivity contribution >= 4 is 7.37 Å². The molecule has 0 amide bonds. The lowest BCUT2D eigenvalue weighted by Gasteiger charge is -2.13. The molecule has 0 aliphatic rings. The van der Waals surface area contributed by atoms with E-state index in [2.05, 4.69) is 0 Å². The summed E-state index contributed by atoms with van der Waals surface area (Å²) >= 11 is 0. The van der Waals surface area contributed by atoms with E-state index in [-0.39, 0.29) is 12.8 Å². The highest BCUT2D eigenvalue weighted by molar-refractivity contribution is 7.58. The molecule has 0 bridgehead atoms. The van der Waals surface area contributed by atoms with Gasteiger partial charge in [0.25, 0.3) is 0 Å². The van der Waals surface area contributed by atoms with Gasteiger partial charge in [-0.25, -0.2) is 0 Å². The fraction of sp³-hybridized carbons (Fsp3) is 1.00. The molecule has 0 aliphatic heterocycles. The first-order chi connectivity index (χ1) is 4.98. The van der Waals surface area contributed by atoms with Gasteiger partial charge in [0.05, 0.1) is 13.2 Å². The van der Waals surface area contributed by atoms with Gasteiger partial charge in [0.1, 0.15) is 0 Å². The van der Waals surface area contributed by atoms with Gasteiger partial charge >= 0.3 is 0 Å². The molecule has 1 N–H and O–H groups in total. The van der Waals surface area contributed by atoms with E-state index >= 15 is 0 Å². The van der Waals surface area contributed by atoms with Gasteiger partial charge in [-0.05, 0) is 5.92 Å². The zero-order valence-electron chi connectivity index (χ0n) is 7.41. The lowest BCUT2D eigenvalue weighted by molar-refractivity contribution is 0.262. The van der Waals surface area contributed by atoms with Crippen LogP contribution in [0.25, 0.3) is 0 Å². The van der Waals surface area contributed by atoms with E-state index in [1.54, 1.807) is 6.66 Å². The molecule has 11 heavy (non-hydrogen) atoms. The first-order valence-electron chi connectivity index (χ1n) is 3.80. The summed E-state index contributed by atoms with van der Waals surface area (Å²) in [5, 5.41) is 8.51. The van der Waals surface area contributed by atoms with E-state index < -0.39 is 7.37 Å². The first kappa shape index (κ1) is 11.2. The van der Waals surface area contributed by atoms with Crippen LogP contribution in [0, 0.1) is 5.92 Å². The molecule has 0 aliphatic carbocycles. The molecule has 68 valence electrons. The van der Waals surface area contributed by atoms with Gasteiger partial charge in [-0.2, -0.15) is 0 Å². The highest BCUT2D eigenvalue weighted by Crippen LogP contribution is 2.41. The SMILES string of the molecule is CC(C)COP(C)(=O)CCO. The van der Waals surface area contributed by atoms with Gasteiger partial charge in [-0.15, -0.1) is 0 Å². The third-order valence-corrected chi connectivity index (χ3v) is 2.89. The van der Waals surface area contributed by atoms with Crippen molar-refractivity contribution in [2.45, 2.75) is 13.8 Å². The van der Waals surface area contributed by atoms with Crippen LogP contribution in [-0.2, 0) is 9.09 Å². The Balaban J connectivity index is 3.64. The molecule has 0 fully saturated rings. The van der Waals surface area contributed by atoms with Crippen molar-refractivity contribution in [3.8, 4) is 0 Å². The van der Waals surface area contributed by atoms with Crippen molar-refractivity contribution in [3.05, 3.63) is 0 Å². The van der Waals surface area contributed by atoms with Crippen LogP contribution in [0.2, 0.25) is 0 Å². The maximum Gasteiger partial charge on any atom is 0.202 e. The third kappa shape index (κ3) is 6.54. The summed E-state index contributed by atoms with van der Waals surface area (Å²) in [4.78, 5) is 0. The number of hydrogen-bond acceptors (Lipinski definition) is 3. The minimum atomic E-state index is -2.50. The Morgan fingerprint density at radius 1 is 1.55 bits per heavy atom. The summed E-state index contributed by atoms with van der Waals surface area (Å²) in [6.07, 6.45) is 0.264. The van der Waals surface area contributed by atoms with Crippen LogP contribution >= 0.6 is 7.37 Å². The maximum atomic E-state index is 11.3. The van der Waals surface area contributed by atoms with Gasteiger partial charge in [0.2, 0.25) is 7.37 Å². The summed E-state index contributed by atoms with van der Waals surface area (Å²) in [6.45, 7) is 6.00. The lowest BCUT2D eigenvalue weighted by Crippen LogP contribution is -2.03. The van der Waals surface area contributed by atoms with Crippen molar-refractivity contribution in [2.75, 3.05) is 26.0 Å². The predicted molar refractivity (Wildman–Crippen MR) is 46.3 cm³/mol. The van der Waals surface area contributed by atoms with E-state index in [0.717, 1.165) is 0 Å². The van der Waals surface area contributed by atoms with Crippen LogP contribution in [0.15, 0.2) is 0 Å². The fourth-order valence-corrected chi connectivity index (χ4v) is 1.66. The van der Waals surface area contributed by atoms with Crippen molar-refractivity contribution in [2.24, 2.45) is 5.92 Å². The van der Waals surface area contributed by atoms with E-state index in [9.17, 15) is 4.57 Å². The van der Waals surface area contributed by atoms with Crippen LogP contribution in [0.4, 0.5) is 0 Å². The Hall–Kier alpha value is 0.150. The molecule has 0 aromatic rings. The van der Waals surface area contributed by atoms with Crippen LogP contribution in [-0.4, -0.2) is 31.1 Å². The zero-order valence-corrected chi connectivity index (χ0v) is 8.30. The number of aliphatic hydroxyl groups excluding tert-OH is 1. The molecule has 0 saturated heterocycles. The third-order valence-electron chi connectivity index (χ3n) is 1.19. The highest BCUT2D eigenvalue weighted by Gasteiger charge is 2.14. The Bertz CT molecular complexity index is 145. The quantitative estimate of drug-likeness (QED) is 0.653. The monoisotopic (exact) mass is 180 g/mol. The van der Waals surface area contributed by atoms with Gasteiger partial charge in [0, 0.05) is 12.8 Å². The minimum absolute atomic E-state index is 0.0636. The predicted octanol–water partition coefficient (Wildman–Crippen LogP) is 1.56. The topological polar surface area (TPSA) is 46.5 Å². The summed E-state index contributed by atoms with van der Waals surface area (Å²) < 4.78 is 16.5. The summed E-state index contributed by atoms with van der Waals surface area (Å²) in [7, 11) is -2.50. The molecule has 0 heterocycles. The Kier molecular flexibility index (Phi) is 4.98. The van der Waals surface area contributed by atoms with Gasteiger partial charge < -0.3 is 9.63 Å². The van der Waals surface area contributed by atoms with E-state index in [0.29, 0.717) is 12.5 Å². The molecule has 4 heteroatoms. The summed E-state index contributed by atoms with van der Waals surface area (Å²) in [5.41, 5.74) is 0. The Labute approximate surface area is 68.2 Å². The van der Waals surface area contributed by atoms with Crippen molar-refractivity contribution in [3.63, 3.8) is 0 Å². The van der Waals surface area contributed by atoms with E-state index in [4.69, 9.17) is 9.63 Å². The second-order valence-electron chi connectivity index (χ2n) is 3.15. The molecule has 0 spiro atoms. The number of aliphatic hydroxyl groups is 1. The summed E-state index contributed by atoms with van der Waals surface area (Å²) in [5.74, 6) is 0.391. The average molecular weight is 180 g/mol. The molecule has 0 aromatic heterocycles. The van der Waals surface area contributed by atoms with Gasteiger partial charge in [-0.3, -0.25) is 4.57 Å². The minimum Gasteiger partial charge on any atom is -0.396 e. The van der Waals surface area contributed by atoms with E-state index in [1.165, 1.54) is 0 Å². The molecule has 1 unspecified atom stereocenters. The van der Waals surface area contributed by atoms with Crippen LogP contribution < -0.4 is 0 Å².